The van der Waals surface area contributed by atoms with Gasteiger partial charge >= 0.3 is 0 Å². The molecule has 0 spiro atoms. The van der Waals surface area contributed by atoms with Gasteiger partial charge in [0.2, 0.25) is 5.91 Å². The number of nitrogens with zero attached hydrogens (tertiary/aromatic N) is 1. The average Bonchev–Trinajstić information content (AvgIpc) is 2.20. The van der Waals surface area contributed by atoms with E-state index in [9.17, 15) is 4.79 Å². The predicted octanol–water partition coefficient (Wildman–Crippen LogP) is 3.40. The number of rotatable bonds is 4. The molecule has 3 nitrogen and oxygen atoms in total. The zero-order valence-corrected chi connectivity index (χ0v) is 10.3. The first-order chi connectivity index (χ1) is 7.13. The van der Waals surface area contributed by atoms with Crippen LogP contribution >= 0.6 is 27.5 Å². The van der Waals surface area contributed by atoms with Crippen molar-refractivity contribution in [3.05, 3.63) is 34.4 Å². The van der Waals surface area contributed by atoms with Crippen LogP contribution in [-0.4, -0.2) is 10.9 Å². The third kappa shape index (κ3) is 4.01. The summed E-state index contributed by atoms with van der Waals surface area (Å²) in [6, 6.07) is 1.59. The van der Waals surface area contributed by atoms with Gasteiger partial charge in [-0.25, -0.2) is 4.98 Å². The first-order valence-electron chi connectivity index (χ1n) is 4.35. The highest BCUT2D eigenvalue weighted by Crippen LogP contribution is 2.23. The van der Waals surface area contributed by atoms with Gasteiger partial charge in [0.1, 0.15) is 5.82 Å². The third-order valence-corrected chi connectivity index (χ3v) is 2.82. The highest BCUT2D eigenvalue weighted by atomic mass is 79.9. The maximum atomic E-state index is 11.3. The fourth-order valence-corrected chi connectivity index (χ4v) is 1.29. The number of allylic oxidation sites excluding steroid dienone is 1. The molecule has 1 N–H and O–H groups in total. The van der Waals surface area contributed by atoms with Gasteiger partial charge < -0.3 is 5.32 Å². The van der Waals surface area contributed by atoms with E-state index >= 15 is 0 Å². The van der Waals surface area contributed by atoms with Crippen LogP contribution in [0.4, 0.5) is 5.82 Å². The smallest absolute Gasteiger partial charge is 0.225 e. The highest BCUT2D eigenvalue weighted by molar-refractivity contribution is 9.10. The number of hydrogen-bond donors (Lipinski definition) is 1. The zero-order valence-electron chi connectivity index (χ0n) is 7.96. The summed E-state index contributed by atoms with van der Waals surface area (Å²) in [4.78, 5) is 15.3. The van der Waals surface area contributed by atoms with Crippen LogP contribution in [0.1, 0.15) is 12.8 Å². The van der Waals surface area contributed by atoms with Gasteiger partial charge in [-0.3, -0.25) is 4.79 Å². The first-order valence-corrected chi connectivity index (χ1v) is 5.52. The molecule has 80 valence electrons. The van der Waals surface area contributed by atoms with Crippen molar-refractivity contribution >= 4 is 39.3 Å². The molecule has 0 aromatic carbocycles. The normalized spacial score (nSPS) is 9.73. The van der Waals surface area contributed by atoms with E-state index in [2.05, 4.69) is 32.8 Å². The topological polar surface area (TPSA) is 42.0 Å². The number of hydrogen-bond acceptors (Lipinski definition) is 2. The lowest BCUT2D eigenvalue weighted by molar-refractivity contribution is -0.116. The molecule has 0 fully saturated rings. The summed E-state index contributed by atoms with van der Waals surface area (Å²) in [6.07, 6.45) is 4.29. The van der Waals surface area contributed by atoms with E-state index in [1.165, 1.54) is 0 Å². The number of anilines is 1. The van der Waals surface area contributed by atoms with Gasteiger partial charge in [-0.2, -0.15) is 0 Å². The van der Waals surface area contributed by atoms with Gasteiger partial charge in [0, 0.05) is 18.7 Å². The van der Waals surface area contributed by atoms with Crippen LogP contribution < -0.4 is 5.32 Å². The molecule has 1 heterocycles. The maximum absolute atomic E-state index is 11.3. The molecule has 0 aliphatic heterocycles. The van der Waals surface area contributed by atoms with E-state index in [-0.39, 0.29) is 5.91 Å². The summed E-state index contributed by atoms with van der Waals surface area (Å²) in [6.45, 7) is 3.54. The number of carbonyl (C=O) groups excluding carboxylic acids is 1. The number of aromatic nitrogens is 1. The third-order valence-electron chi connectivity index (χ3n) is 1.65. The van der Waals surface area contributed by atoms with Gasteiger partial charge in [-0.05, 0) is 22.4 Å². The van der Waals surface area contributed by atoms with Gasteiger partial charge in [0.25, 0.3) is 0 Å². The molecular weight excluding hydrogens is 279 g/mol. The summed E-state index contributed by atoms with van der Waals surface area (Å²) < 4.78 is 0.702. The number of amides is 1. The summed E-state index contributed by atoms with van der Waals surface area (Å²) >= 11 is 9.06. The summed E-state index contributed by atoms with van der Waals surface area (Å²) in [7, 11) is 0. The molecule has 0 atom stereocenters. The molecule has 1 rings (SSSR count). The number of pyridine rings is 1. The van der Waals surface area contributed by atoms with E-state index in [1.54, 1.807) is 18.3 Å². The van der Waals surface area contributed by atoms with Crippen molar-refractivity contribution in [1.82, 2.24) is 4.98 Å². The van der Waals surface area contributed by atoms with E-state index in [0.717, 1.165) is 0 Å². The number of halogens is 2. The zero-order chi connectivity index (χ0) is 11.3. The van der Waals surface area contributed by atoms with Crippen molar-refractivity contribution in [2.24, 2.45) is 0 Å². The van der Waals surface area contributed by atoms with E-state index in [1.807, 2.05) is 0 Å². The van der Waals surface area contributed by atoms with E-state index in [0.29, 0.717) is 28.2 Å². The Morgan fingerprint density at radius 1 is 1.73 bits per heavy atom. The fourth-order valence-electron chi connectivity index (χ4n) is 0.921. The Hall–Kier alpha value is -0.870. The quantitative estimate of drug-likeness (QED) is 0.863. The Balaban J connectivity index is 2.60. The Bertz CT molecular complexity index is 382. The summed E-state index contributed by atoms with van der Waals surface area (Å²) in [5.74, 6) is 0.359. The molecule has 0 saturated carbocycles. The van der Waals surface area contributed by atoms with Crippen molar-refractivity contribution < 1.29 is 4.79 Å². The van der Waals surface area contributed by atoms with Crippen molar-refractivity contribution in [2.75, 3.05) is 5.32 Å². The molecule has 0 aliphatic rings. The Labute approximate surface area is 102 Å². The molecule has 15 heavy (non-hydrogen) atoms. The number of carbonyl (C=O) groups is 1. The fraction of sp³-hybridized carbons (Fsp3) is 0.200. The second-order valence-electron chi connectivity index (χ2n) is 2.86. The van der Waals surface area contributed by atoms with Crippen molar-refractivity contribution in [1.29, 1.82) is 0 Å². The minimum atomic E-state index is -0.0965. The van der Waals surface area contributed by atoms with Gasteiger partial charge in [0.15, 0.2) is 0 Å². The highest BCUT2D eigenvalue weighted by Gasteiger charge is 2.04. The van der Waals surface area contributed by atoms with E-state index < -0.39 is 0 Å². The van der Waals surface area contributed by atoms with Crippen LogP contribution in [0.15, 0.2) is 29.4 Å². The summed E-state index contributed by atoms with van der Waals surface area (Å²) in [5.41, 5.74) is 0. The Morgan fingerprint density at radius 3 is 3.07 bits per heavy atom. The van der Waals surface area contributed by atoms with Crippen molar-refractivity contribution in [2.45, 2.75) is 12.8 Å². The maximum Gasteiger partial charge on any atom is 0.225 e. The molecule has 0 saturated heterocycles. The molecule has 0 unspecified atom stereocenters. The molecule has 1 aromatic heterocycles. The van der Waals surface area contributed by atoms with Crippen LogP contribution in [0.5, 0.6) is 0 Å². The molecule has 1 aromatic rings. The lowest BCUT2D eigenvalue weighted by Gasteiger charge is -2.04. The minimum absolute atomic E-state index is 0.0965. The van der Waals surface area contributed by atoms with Crippen LogP contribution in [-0.2, 0) is 4.79 Å². The molecule has 0 bridgehead atoms. The van der Waals surface area contributed by atoms with Crippen LogP contribution in [0.2, 0.25) is 5.02 Å². The number of nitrogens with one attached hydrogen (secondary N) is 1. The first kappa shape index (κ1) is 12.2. The van der Waals surface area contributed by atoms with Crippen molar-refractivity contribution in [3.8, 4) is 0 Å². The molecule has 5 heteroatoms. The minimum Gasteiger partial charge on any atom is -0.311 e. The molecular formula is C10H10BrClN2O. The standard InChI is InChI=1S/C10H10BrClN2O/c1-2-3-4-10(15)14-9-5-8(12)7(11)6-13-9/h2,5-6H,1,3-4H2,(H,13,14,15). The Kier molecular flexibility index (Phi) is 4.78. The van der Waals surface area contributed by atoms with Crippen LogP contribution in [0.25, 0.3) is 0 Å². The second-order valence-corrected chi connectivity index (χ2v) is 4.12. The monoisotopic (exact) mass is 288 g/mol. The summed E-state index contributed by atoms with van der Waals surface area (Å²) in [5, 5.41) is 3.16. The predicted molar refractivity (Wildman–Crippen MR) is 65.0 cm³/mol. The molecule has 0 aliphatic carbocycles. The molecule has 0 radical (unpaired) electrons. The van der Waals surface area contributed by atoms with Crippen molar-refractivity contribution in [3.63, 3.8) is 0 Å². The SMILES string of the molecule is C=CCCC(=O)Nc1cc(Cl)c(Br)cn1. The molecule has 1 amide bonds. The second kappa shape index (κ2) is 5.88. The van der Waals surface area contributed by atoms with Crippen LogP contribution in [0, 0.1) is 0 Å². The largest absolute Gasteiger partial charge is 0.311 e. The lowest BCUT2D eigenvalue weighted by atomic mass is 10.3. The van der Waals surface area contributed by atoms with Gasteiger partial charge in [0.05, 0.1) is 9.50 Å². The Morgan fingerprint density at radius 2 is 2.47 bits per heavy atom. The van der Waals surface area contributed by atoms with Crippen LogP contribution in [0.3, 0.4) is 0 Å². The lowest BCUT2D eigenvalue weighted by Crippen LogP contribution is -2.11. The average molecular weight is 290 g/mol. The van der Waals surface area contributed by atoms with Gasteiger partial charge in [-0.1, -0.05) is 17.7 Å². The van der Waals surface area contributed by atoms with Gasteiger partial charge in [-0.15, -0.1) is 6.58 Å². The van der Waals surface area contributed by atoms with E-state index in [4.69, 9.17) is 11.6 Å².